The molecule has 0 heterocycles. The third kappa shape index (κ3) is 2.09. The molecule has 17 heavy (non-hydrogen) atoms. The van der Waals surface area contributed by atoms with E-state index in [1.54, 1.807) is 0 Å². The zero-order valence-electron chi connectivity index (χ0n) is 12.6. The molecule has 1 aromatic rings. The molecule has 0 aliphatic heterocycles. The molecule has 0 atom stereocenters. The number of hydrogen-bond acceptors (Lipinski definition) is 1. The number of halogens is 1. The Morgan fingerprint density at radius 3 is 2.82 bits per heavy atom. The van der Waals surface area contributed by atoms with E-state index in [1.165, 1.54) is 10.4 Å². The summed E-state index contributed by atoms with van der Waals surface area (Å²) in [5.74, 6) is 0. The highest BCUT2D eigenvalue weighted by Crippen LogP contribution is 2.41. The van der Waals surface area contributed by atoms with Crippen molar-refractivity contribution in [1.29, 1.82) is 0 Å². The van der Waals surface area contributed by atoms with Gasteiger partial charge >= 0.3 is 0 Å². The molecule has 1 spiro atoms. The van der Waals surface area contributed by atoms with E-state index in [4.69, 9.17) is 8.85 Å². The van der Waals surface area contributed by atoms with Crippen LogP contribution in [-0.4, -0.2) is 13.1 Å². The summed E-state index contributed by atoms with van der Waals surface area (Å²) in [4.78, 5) is 0. The van der Waals surface area contributed by atoms with Gasteiger partial charge in [0.25, 0.3) is 0 Å². The molecule has 1 aromatic carbocycles. The number of benzene rings is 1. The smallest absolute Gasteiger partial charge is 0.0572 e. The number of methoxy groups -OCH3 is 1. The lowest BCUT2D eigenvalue weighted by atomic mass is 9.74. The third-order valence-electron chi connectivity index (χ3n) is 3.96. The van der Waals surface area contributed by atoms with Crippen molar-refractivity contribution in [3.8, 4) is 0 Å². The minimum absolute atomic E-state index is 0.0950. The topological polar surface area (TPSA) is 9.23 Å². The molecule has 0 unspecified atom stereocenters. The molecule has 0 bridgehead atoms. The Hall–Kier alpha value is -0.600. The zero-order chi connectivity index (χ0) is 14.4. The van der Waals surface area contributed by atoms with Gasteiger partial charge in [-0.2, -0.15) is 0 Å². The molecule has 90 valence electrons. The molecule has 1 nitrogen and oxygen atoms in total. The SMILES string of the molecule is [2H]C([2H])([2H])OC1CCC2(C=c3ccc(Br)cc3=C2)CC1. The molecule has 0 radical (unpaired) electrons. The van der Waals surface area contributed by atoms with E-state index in [2.05, 4.69) is 46.3 Å². The second kappa shape index (κ2) is 4.25. The largest absolute Gasteiger partial charge is 0.381 e. The van der Waals surface area contributed by atoms with Gasteiger partial charge in [0.1, 0.15) is 0 Å². The summed E-state index contributed by atoms with van der Waals surface area (Å²) >= 11 is 3.50. The predicted octanol–water partition coefficient (Wildman–Crippen LogP) is 2.60. The average molecular weight is 296 g/mol. The van der Waals surface area contributed by atoms with Gasteiger partial charge in [-0.05, 0) is 48.3 Å². The molecule has 2 heteroatoms. The predicted molar refractivity (Wildman–Crippen MR) is 74.0 cm³/mol. The Labute approximate surface area is 115 Å². The number of fused-ring (bicyclic) bond motifs is 1. The zero-order valence-corrected chi connectivity index (χ0v) is 11.2. The van der Waals surface area contributed by atoms with Crippen molar-refractivity contribution < 1.29 is 8.85 Å². The first-order valence-electron chi connectivity index (χ1n) is 7.55. The van der Waals surface area contributed by atoms with Gasteiger partial charge in [-0.3, -0.25) is 0 Å². The van der Waals surface area contributed by atoms with Gasteiger partial charge < -0.3 is 4.74 Å². The van der Waals surface area contributed by atoms with Crippen molar-refractivity contribution in [3.63, 3.8) is 0 Å². The van der Waals surface area contributed by atoms with E-state index in [-0.39, 0.29) is 11.5 Å². The lowest BCUT2D eigenvalue weighted by Crippen LogP contribution is -2.26. The van der Waals surface area contributed by atoms with E-state index in [0.29, 0.717) is 0 Å². The van der Waals surface area contributed by atoms with Crippen LogP contribution in [0.25, 0.3) is 12.2 Å². The van der Waals surface area contributed by atoms with Crippen LogP contribution in [0.5, 0.6) is 0 Å². The van der Waals surface area contributed by atoms with Crippen LogP contribution < -0.4 is 10.4 Å². The summed E-state index contributed by atoms with van der Waals surface area (Å²) in [5, 5.41) is 2.55. The van der Waals surface area contributed by atoms with Crippen LogP contribution in [0.1, 0.15) is 29.8 Å². The Morgan fingerprint density at radius 2 is 2.06 bits per heavy atom. The highest BCUT2D eigenvalue weighted by molar-refractivity contribution is 9.10. The van der Waals surface area contributed by atoms with Gasteiger partial charge in [-0.1, -0.05) is 34.1 Å². The van der Waals surface area contributed by atoms with Gasteiger partial charge in [0.15, 0.2) is 0 Å². The molecular weight excluding hydrogens is 276 g/mol. The van der Waals surface area contributed by atoms with E-state index in [0.717, 1.165) is 30.2 Å². The van der Waals surface area contributed by atoms with Gasteiger partial charge in [-0.25, -0.2) is 0 Å². The minimum Gasteiger partial charge on any atom is -0.381 e. The van der Waals surface area contributed by atoms with Crippen LogP contribution in [0, 0.1) is 5.41 Å². The van der Waals surface area contributed by atoms with Crippen LogP contribution >= 0.6 is 15.9 Å². The second-order valence-corrected chi connectivity index (χ2v) is 6.03. The fourth-order valence-corrected chi connectivity index (χ4v) is 3.38. The van der Waals surface area contributed by atoms with Gasteiger partial charge in [0, 0.05) is 16.9 Å². The number of ether oxygens (including phenoxy) is 1. The van der Waals surface area contributed by atoms with Crippen molar-refractivity contribution in [2.24, 2.45) is 5.41 Å². The molecule has 1 saturated carbocycles. The first-order chi connectivity index (χ1) is 9.35. The lowest BCUT2D eigenvalue weighted by Gasteiger charge is -2.34. The van der Waals surface area contributed by atoms with Crippen LogP contribution in [0.3, 0.4) is 0 Å². The van der Waals surface area contributed by atoms with Crippen molar-refractivity contribution in [2.75, 3.05) is 7.04 Å². The van der Waals surface area contributed by atoms with Crippen molar-refractivity contribution in [1.82, 2.24) is 0 Å². The highest BCUT2D eigenvalue weighted by atomic mass is 79.9. The molecular formula is C15H17BrO. The summed E-state index contributed by atoms with van der Waals surface area (Å²) in [6.45, 7) is 0. The fourth-order valence-electron chi connectivity index (χ4n) is 3.00. The summed E-state index contributed by atoms with van der Waals surface area (Å²) in [7, 11) is -2.27. The average Bonchev–Trinajstić information content (AvgIpc) is 2.68. The van der Waals surface area contributed by atoms with E-state index >= 15 is 0 Å². The van der Waals surface area contributed by atoms with E-state index in [9.17, 15) is 0 Å². The molecule has 1 fully saturated rings. The summed E-state index contributed by atoms with van der Waals surface area (Å²) in [6, 6.07) is 6.34. The Kier molecular flexibility index (Phi) is 2.12. The third-order valence-corrected chi connectivity index (χ3v) is 4.46. The maximum atomic E-state index is 7.19. The molecule has 0 amide bonds. The van der Waals surface area contributed by atoms with Crippen molar-refractivity contribution in [3.05, 3.63) is 33.1 Å². The normalized spacial score (nSPS) is 34.2. The molecule has 2 aliphatic carbocycles. The molecule has 2 aliphatic rings. The monoisotopic (exact) mass is 295 g/mol. The van der Waals surface area contributed by atoms with Crippen LogP contribution in [-0.2, 0) is 4.74 Å². The van der Waals surface area contributed by atoms with Gasteiger partial charge in [-0.15, -0.1) is 0 Å². The second-order valence-electron chi connectivity index (χ2n) is 5.11. The summed E-state index contributed by atoms with van der Waals surface area (Å²) in [5.41, 5.74) is 0.0950. The quantitative estimate of drug-likeness (QED) is 0.774. The molecule has 0 N–H and O–H groups in total. The van der Waals surface area contributed by atoms with Gasteiger partial charge in [0.2, 0.25) is 0 Å². The lowest BCUT2D eigenvalue weighted by molar-refractivity contribution is 0.0564. The molecule has 3 rings (SSSR count). The first-order valence-corrected chi connectivity index (χ1v) is 6.84. The molecule has 0 aromatic heterocycles. The summed E-state index contributed by atoms with van der Waals surface area (Å²) in [6.07, 6.45) is 8.06. The Balaban J connectivity index is 1.76. The van der Waals surface area contributed by atoms with Crippen LogP contribution in [0.2, 0.25) is 0 Å². The standard InChI is InChI=1S/C15H17BrO/c1-17-14-4-6-15(7-5-14)9-11-2-3-13(16)8-12(11)10-15/h2-3,8-10,14H,4-7H2,1H3/i1D3. The maximum Gasteiger partial charge on any atom is 0.0572 e. The first kappa shape index (κ1) is 8.49. The highest BCUT2D eigenvalue weighted by Gasteiger charge is 2.33. The van der Waals surface area contributed by atoms with Crippen LogP contribution in [0.4, 0.5) is 0 Å². The Morgan fingerprint density at radius 1 is 1.29 bits per heavy atom. The number of hydrogen-bond donors (Lipinski definition) is 0. The van der Waals surface area contributed by atoms with Gasteiger partial charge in [0.05, 0.1) is 10.2 Å². The molecule has 0 saturated heterocycles. The Bertz CT molecular complexity index is 627. The van der Waals surface area contributed by atoms with E-state index < -0.39 is 7.04 Å². The van der Waals surface area contributed by atoms with Crippen molar-refractivity contribution in [2.45, 2.75) is 31.8 Å². The fraction of sp³-hybridized carbons (Fsp3) is 0.467. The summed E-state index contributed by atoms with van der Waals surface area (Å²) < 4.78 is 27.8. The maximum absolute atomic E-state index is 7.19. The number of rotatable bonds is 1. The minimum atomic E-state index is -2.27. The van der Waals surface area contributed by atoms with Crippen LogP contribution in [0.15, 0.2) is 22.7 Å². The van der Waals surface area contributed by atoms with E-state index in [1.807, 2.05) is 0 Å². The van der Waals surface area contributed by atoms with Crippen molar-refractivity contribution >= 4 is 28.1 Å².